The van der Waals surface area contributed by atoms with E-state index in [0.29, 0.717) is 6.61 Å². The first-order chi connectivity index (χ1) is 11.7. The first-order valence-corrected chi connectivity index (χ1v) is 9.34. The Balaban J connectivity index is 2.14. The van der Waals surface area contributed by atoms with Crippen molar-refractivity contribution in [1.82, 2.24) is 10.6 Å². The van der Waals surface area contributed by atoms with Crippen LogP contribution >= 0.6 is 15.9 Å². The van der Waals surface area contributed by atoms with Gasteiger partial charge in [0.15, 0.2) is 5.96 Å². The lowest BCUT2D eigenvalue weighted by Gasteiger charge is -2.36. The van der Waals surface area contributed by atoms with Crippen LogP contribution in [-0.4, -0.2) is 52.5 Å². The lowest BCUT2D eigenvalue weighted by atomic mass is 9.74. The molecule has 6 heteroatoms. The second-order valence-corrected chi connectivity index (χ2v) is 6.93. The van der Waals surface area contributed by atoms with Crippen molar-refractivity contribution in [3.05, 3.63) is 34.3 Å². The van der Waals surface area contributed by atoms with Gasteiger partial charge in [0.2, 0.25) is 0 Å². The Bertz CT molecular complexity index is 514. The molecule has 24 heavy (non-hydrogen) atoms. The summed E-state index contributed by atoms with van der Waals surface area (Å²) in [6.07, 6.45) is 1.99. The molecule has 1 saturated heterocycles. The van der Waals surface area contributed by atoms with Gasteiger partial charge in [-0.1, -0.05) is 28.1 Å². The van der Waals surface area contributed by atoms with Crippen molar-refractivity contribution in [2.75, 3.05) is 46.6 Å². The van der Waals surface area contributed by atoms with Crippen LogP contribution in [0.2, 0.25) is 0 Å². The van der Waals surface area contributed by atoms with E-state index in [1.165, 1.54) is 5.56 Å². The Morgan fingerprint density at radius 1 is 1.25 bits per heavy atom. The Morgan fingerprint density at radius 2 is 1.96 bits per heavy atom. The van der Waals surface area contributed by atoms with Gasteiger partial charge in [-0.05, 0) is 37.5 Å². The Morgan fingerprint density at radius 3 is 2.58 bits per heavy atom. The molecule has 134 valence electrons. The molecule has 0 atom stereocenters. The zero-order valence-corrected chi connectivity index (χ0v) is 16.2. The largest absolute Gasteiger partial charge is 0.383 e. The van der Waals surface area contributed by atoms with Gasteiger partial charge in [0.05, 0.1) is 13.2 Å². The van der Waals surface area contributed by atoms with E-state index in [9.17, 15) is 0 Å². The minimum atomic E-state index is 0.0442. The average Bonchev–Trinajstić information content (AvgIpc) is 2.61. The Kier molecular flexibility index (Phi) is 8.02. The maximum atomic E-state index is 5.60. The van der Waals surface area contributed by atoms with Gasteiger partial charge in [-0.3, -0.25) is 4.99 Å². The normalized spacial score (nSPS) is 17.5. The average molecular weight is 398 g/mol. The number of halogens is 1. The molecular formula is C18H28BrN3O2. The smallest absolute Gasteiger partial charge is 0.191 e. The molecule has 1 aliphatic rings. The molecule has 0 aromatic heterocycles. The minimum absolute atomic E-state index is 0.0442. The third kappa shape index (κ3) is 5.46. The maximum absolute atomic E-state index is 5.60. The van der Waals surface area contributed by atoms with Crippen LogP contribution in [0.15, 0.2) is 33.7 Å². The molecule has 1 fully saturated rings. The van der Waals surface area contributed by atoms with Gasteiger partial charge in [0.25, 0.3) is 0 Å². The molecule has 0 aliphatic carbocycles. The van der Waals surface area contributed by atoms with E-state index in [0.717, 1.165) is 56.1 Å². The highest BCUT2D eigenvalue weighted by molar-refractivity contribution is 9.10. The van der Waals surface area contributed by atoms with Crippen LogP contribution in [0, 0.1) is 0 Å². The molecule has 1 heterocycles. The summed E-state index contributed by atoms with van der Waals surface area (Å²) in [6.45, 7) is 6.66. The molecule has 0 unspecified atom stereocenters. The van der Waals surface area contributed by atoms with Crippen LogP contribution in [-0.2, 0) is 14.9 Å². The predicted octanol–water partition coefficient (Wildman–Crippen LogP) is 2.70. The number of ether oxygens (including phenoxy) is 2. The molecule has 2 N–H and O–H groups in total. The number of hydrogen-bond acceptors (Lipinski definition) is 3. The summed E-state index contributed by atoms with van der Waals surface area (Å²) in [5.74, 6) is 0.845. The Hall–Kier alpha value is -1.11. The molecule has 0 amide bonds. The molecule has 1 aromatic rings. The van der Waals surface area contributed by atoms with Crippen LogP contribution in [0.1, 0.15) is 25.3 Å². The molecular weight excluding hydrogens is 370 g/mol. The van der Waals surface area contributed by atoms with Gasteiger partial charge in [0, 0.05) is 43.3 Å². The predicted molar refractivity (Wildman–Crippen MR) is 102 cm³/mol. The number of guanidine groups is 1. The summed E-state index contributed by atoms with van der Waals surface area (Å²) in [6, 6.07) is 8.63. The van der Waals surface area contributed by atoms with Crippen molar-refractivity contribution in [3.63, 3.8) is 0 Å². The van der Waals surface area contributed by atoms with Gasteiger partial charge >= 0.3 is 0 Å². The summed E-state index contributed by atoms with van der Waals surface area (Å²) in [7, 11) is 1.70. The first kappa shape index (κ1) is 19.2. The zero-order chi connectivity index (χ0) is 17.3. The molecule has 1 aromatic carbocycles. The van der Waals surface area contributed by atoms with Crippen LogP contribution in [0.4, 0.5) is 0 Å². The van der Waals surface area contributed by atoms with E-state index in [1.54, 1.807) is 7.11 Å². The van der Waals surface area contributed by atoms with Crippen LogP contribution in [0.25, 0.3) is 0 Å². The standard InChI is InChI=1S/C18H28BrN3O2/c1-3-20-17(21-10-13-23-2)22-14-18(8-11-24-12-9-18)15-4-6-16(19)7-5-15/h4-7H,3,8-14H2,1-2H3,(H2,20,21,22). The van der Waals surface area contributed by atoms with Gasteiger partial charge in [-0.25, -0.2) is 0 Å². The number of rotatable bonds is 7. The maximum Gasteiger partial charge on any atom is 0.191 e. The number of hydrogen-bond donors (Lipinski definition) is 2. The number of benzene rings is 1. The second-order valence-electron chi connectivity index (χ2n) is 6.01. The van der Waals surface area contributed by atoms with Crippen molar-refractivity contribution >= 4 is 21.9 Å². The van der Waals surface area contributed by atoms with E-state index in [1.807, 2.05) is 0 Å². The molecule has 5 nitrogen and oxygen atoms in total. The number of methoxy groups -OCH3 is 1. The number of nitrogens with one attached hydrogen (secondary N) is 2. The van der Waals surface area contributed by atoms with Gasteiger partial charge in [-0.15, -0.1) is 0 Å². The molecule has 1 aliphatic heterocycles. The molecule has 0 saturated carbocycles. The Labute approximate surface area is 153 Å². The summed E-state index contributed by atoms with van der Waals surface area (Å²) in [5, 5.41) is 6.62. The molecule has 0 bridgehead atoms. The fourth-order valence-corrected chi connectivity index (χ4v) is 3.21. The monoisotopic (exact) mass is 397 g/mol. The first-order valence-electron chi connectivity index (χ1n) is 8.55. The van der Waals surface area contributed by atoms with Crippen molar-refractivity contribution < 1.29 is 9.47 Å². The van der Waals surface area contributed by atoms with Crippen LogP contribution < -0.4 is 10.6 Å². The third-order valence-corrected chi connectivity index (χ3v) is 4.92. The quantitative estimate of drug-likeness (QED) is 0.421. The van der Waals surface area contributed by atoms with E-state index in [2.05, 4.69) is 57.8 Å². The number of aliphatic imine (C=N–C) groups is 1. The van der Waals surface area contributed by atoms with Gasteiger partial charge in [0.1, 0.15) is 0 Å². The lowest BCUT2D eigenvalue weighted by molar-refractivity contribution is 0.0531. The van der Waals surface area contributed by atoms with Crippen molar-refractivity contribution in [3.8, 4) is 0 Å². The SMILES string of the molecule is CCNC(=NCC1(c2ccc(Br)cc2)CCOCC1)NCCOC. The topological polar surface area (TPSA) is 54.9 Å². The lowest BCUT2D eigenvalue weighted by Crippen LogP contribution is -2.42. The summed E-state index contributed by atoms with van der Waals surface area (Å²) in [4.78, 5) is 4.85. The van der Waals surface area contributed by atoms with Crippen LogP contribution in [0.3, 0.4) is 0 Å². The number of nitrogens with zero attached hydrogens (tertiary/aromatic N) is 1. The fraction of sp³-hybridized carbons (Fsp3) is 0.611. The van der Waals surface area contributed by atoms with Crippen molar-refractivity contribution in [2.24, 2.45) is 4.99 Å². The third-order valence-electron chi connectivity index (χ3n) is 4.39. The highest BCUT2D eigenvalue weighted by Gasteiger charge is 2.34. The van der Waals surface area contributed by atoms with E-state index < -0.39 is 0 Å². The van der Waals surface area contributed by atoms with Crippen molar-refractivity contribution in [2.45, 2.75) is 25.2 Å². The second kappa shape index (κ2) is 10.0. The van der Waals surface area contributed by atoms with Crippen LogP contribution in [0.5, 0.6) is 0 Å². The molecule has 0 spiro atoms. The zero-order valence-electron chi connectivity index (χ0n) is 14.6. The fourth-order valence-electron chi connectivity index (χ4n) is 2.95. The van der Waals surface area contributed by atoms with Crippen molar-refractivity contribution in [1.29, 1.82) is 0 Å². The summed E-state index contributed by atoms with van der Waals surface area (Å²) >= 11 is 3.52. The highest BCUT2D eigenvalue weighted by Crippen LogP contribution is 2.35. The molecule has 0 radical (unpaired) electrons. The van der Waals surface area contributed by atoms with Gasteiger partial charge in [-0.2, -0.15) is 0 Å². The summed E-state index contributed by atoms with van der Waals surface area (Å²) in [5.41, 5.74) is 1.38. The minimum Gasteiger partial charge on any atom is -0.383 e. The molecule has 2 rings (SSSR count). The highest BCUT2D eigenvalue weighted by atomic mass is 79.9. The van der Waals surface area contributed by atoms with E-state index >= 15 is 0 Å². The summed E-state index contributed by atoms with van der Waals surface area (Å²) < 4.78 is 11.8. The van der Waals surface area contributed by atoms with E-state index in [-0.39, 0.29) is 5.41 Å². The van der Waals surface area contributed by atoms with Gasteiger partial charge < -0.3 is 20.1 Å². The van der Waals surface area contributed by atoms with E-state index in [4.69, 9.17) is 14.5 Å².